The van der Waals surface area contributed by atoms with Crippen LogP contribution < -0.4 is 14.8 Å². The molecule has 0 saturated carbocycles. The van der Waals surface area contributed by atoms with E-state index < -0.39 is 12.5 Å². The molecule has 6 nitrogen and oxygen atoms in total. The van der Waals surface area contributed by atoms with Crippen LogP contribution >= 0.6 is 15.9 Å². The van der Waals surface area contributed by atoms with E-state index in [9.17, 15) is 18.4 Å². The van der Waals surface area contributed by atoms with Gasteiger partial charge in [-0.1, -0.05) is 15.9 Å². The molecule has 2 rings (SSSR count). The van der Waals surface area contributed by atoms with Gasteiger partial charge in [-0.15, -0.1) is 0 Å². The van der Waals surface area contributed by atoms with Gasteiger partial charge in [-0.25, -0.2) is 0 Å². The highest BCUT2D eigenvalue weighted by molar-refractivity contribution is 9.10. The molecule has 0 spiro atoms. The lowest BCUT2D eigenvalue weighted by Gasteiger charge is -2.18. The molecule has 0 unspecified atom stereocenters. The molecule has 0 heterocycles. The van der Waals surface area contributed by atoms with Crippen LogP contribution in [0.4, 0.5) is 14.5 Å². The molecule has 1 N–H and O–H groups in total. The number of nitrogens with one attached hydrogen (secondary N) is 1. The number of hydrogen-bond acceptors (Lipinski definition) is 4. The topological polar surface area (TPSA) is 67.9 Å². The lowest BCUT2D eigenvalue weighted by molar-refractivity contribution is -0.116. The fourth-order valence-electron chi connectivity index (χ4n) is 2.46. The first-order chi connectivity index (χ1) is 13.2. The predicted molar refractivity (Wildman–Crippen MR) is 104 cm³/mol. The molecular formula is C19H19BrF2N2O4. The molecular weight excluding hydrogens is 438 g/mol. The molecule has 0 aliphatic rings. The van der Waals surface area contributed by atoms with Crippen molar-refractivity contribution in [1.82, 2.24) is 4.90 Å². The number of halogens is 3. The molecule has 0 saturated heterocycles. The molecule has 0 aromatic heterocycles. The Morgan fingerprint density at radius 2 is 1.89 bits per heavy atom. The Kier molecular flexibility index (Phi) is 7.33. The zero-order valence-electron chi connectivity index (χ0n) is 15.5. The van der Waals surface area contributed by atoms with Crippen molar-refractivity contribution in [2.45, 2.75) is 13.5 Å². The van der Waals surface area contributed by atoms with Gasteiger partial charge in [-0.2, -0.15) is 8.78 Å². The summed E-state index contributed by atoms with van der Waals surface area (Å²) in [5, 5.41) is 2.75. The summed E-state index contributed by atoms with van der Waals surface area (Å²) in [5.41, 5.74) is 1.69. The smallest absolute Gasteiger partial charge is 0.387 e. The quantitative estimate of drug-likeness (QED) is 0.681. The van der Waals surface area contributed by atoms with E-state index in [1.54, 1.807) is 12.1 Å². The second-order valence-corrected chi connectivity index (χ2v) is 6.83. The standard InChI is InChI=1S/C19H19BrF2N2O4/c1-11-8-13(20)5-6-14(11)23-17(25)10-24(2)18(26)12-4-7-15(28-19(21)22)16(9-12)27-3/h4-9,19H,10H2,1-3H3,(H,23,25). The first kappa shape index (κ1) is 21.6. The number of carbonyl (C=O) groups is 2. The zero-order valence-corrected chi connectivity index (χ0v) is 17.0. The lowest BCUT2D eigenvalue weighted by atomic mass is 10.1. The SMILES string of the molecule is COc1cc(C(=O)N(C)CC(=O)Nc2ccc(Br)cc2C)ccc1OC(F)F. The molecule has 28 heavy (non-hydrogen) atoms. The fourth-order valence-corrected chi connectivity index (χ4v) is 2.93. The number of ether oxygens (including phenoxy) is 2. The van der Waals surface area contributed by atoms with Crippen LogP contribution in [0.15, 0.2) is 40.9 Å². The molecule has 9 heteroatoms. The first-order valence-corrected chi connectivity index (χ1v) is 8.95. The van der Waals surface area contributed by atoms with Gasteiger partial charge < -0.3 is 19.7 Å². The number of aryl methyl sites for hydroxylation is 1. The fraction of sp³-hybridized carbons (Fsp3) is 0.263. The number of alkyl halides is 2. The highest BCUT2D eigenvalue weighted by atomic mass is 79.9. The zero-order chi connectivity index (χ0) is 20.8. The van der Waals surface area contributed by atoms with Crippen LogP contribution in [0, 0.1) is 6.92 Å². The number of amides is 2. The number of anilines is 1. The maximum atomic E-state index is 12.5. The lowest BCUT2D eigenvalue weighted by Crippen LogP contribution is -2.35. The first-order valence-electron chi connectivity index (χ1n) is 8.15. The Bertz CT molecular complexity index is 877. The van der Waals surface area contributed by atoms with Crippen molar-refractivity contribution in [1.29, 1.82) is 0 Å². The minimum atomic E-state index is -3.01. The van der Waals surface area contributed by atoms with E-state index in [2.05, 4.69) is 26.0 Å². The van der Waals surface area contributed by atoms with Gasteiger partial charge >= 0.3 is 6.61 Å². The Labute approximate surface area is 169 Å². The van der Waals surface area contributed by atoms with Crippen molar-refractivity contribution >= 4 is 33.4 Å². The van der Waals surface area contributed by atoms with Crippen LogP contribution in [0.2, 0.25) is 0 Å². The number of methoxy groups -OCH3 is 1. The summed E-state index contributed by atoms with van der Waals surface area (Å²) in [5.74, 6) is -1.02. The highest BCUT2D eigenvalue weighted by Crippen LogP contribution is 2.29. The second kappa shape index (κ2) is 9.50. The number of benzene rings is 2. The van der Waals surface area contributed by atoms with Gasteiger partial charge in [-0.05, 0) is 48.9 Å². The van der Waals surface area contributed by atoms with Crippen LogP contribution in [0.1, 0.15) is 15.9 Å². The number of hydrogen-bond donors (Lipinski definition) is 1. The molecule has 2 aromatic rings. The van der Waals surface area contributed by atoms with Crippen LogP contribution in [0.3, 0.4) is 0 Å². The van der Waals surface area contributed by atoms with Crippen molar-refractivity contribution in [3.63, 3.8) is 0 Å². The maximum absolute atomic E-state index is 12.5. The minimum absolute atomic E-state index is 0.00510. The van der Waals surface area contributed by atoms with Gasteiger partial charge in [0, 0.05) is 22.8 Å². The van der Waals surface area contributed by atoms with Gasteiger partial charge in [0.2, 0.25) is 5.91 Å². The van der Waals surface area contributed by atoms with Gasteiger partial charge in [0.15, 0.2) is 11.5 Å². The largest absolute Gasteiger partial charge is 0.493 e. The number of rotatable bonds is 7. The normalized spacial score (nSPS) is 10.5. The molecule has 0 radical (unpaired) electrons. The summed E-state index contributed by atoms with van der Waals surface area (Å²) < 4.78 is 35.0. The Hall–Kier alpha value is -2.68. The predicted octanol–water partition coefficient (Wildman–Crippen LogP) is 4.08. The van der Waals surface area contributed by atoms with Crippen molar-refractivity contribution in [3.05, 3.63) is 52.0 Å². The van der Waals surface area contributed by atoms with Crippen molar-refractivity contribution in [2.75, 3.05) is 26.0 Å². The second-order valence-electron chi connectivity index (χ2n) is 5.91. The summed E-state index contributed by atoms with van der Waals surface area (Å²) in [7, 11) is 2.74. The van der Waals surface area contributed by atoms with Gasteiger partial charge in [0.25, 0.3) is 5.91 Å². The Morgan fingerprint density at radius 1 is 1.18 bits per heavy atom. The van der Waals surface area contributed by atoms with Gasteiger partial charge in [0.1, 0.15) is 0 Å². The van der Waals surface area contributed by atoms with Crippen molar-refractivity contribution in [3.8, 4) is 11.5 Å². The van der Waals surface area contributed by atoms with E-state index in [-0.39, 0.29) is 29.5 Å². The highest BCUT2D eigenvalue weighted by Gasteiger charge is 2.19. The van der Waals surface area contributed by atoms with E-state index in [1.807, 2.05) is 13.0 Å². The Morgan fingerprint density at radius 3 is 2.50 bits per heavy atom. The van der Waals surface area contributed by atoms with E-state index >= 15 is 0 Å². The monoisotopic (exact) mass is 456 g/mol. The summed E-state index contributed by atoms with van der Waals surface area (Å²) >= 11 is 3.35. The average Bonchev–Trinajstić information content (AvgIpc) is 2.63. The maximum Gasteiger partial charge on any atom is 0.387 e. The van der Waals surface area contributed by atoms with Gasteiger partial charge in [-0.3, -0.25) is 9.59 Å². The van der Waals surface area contributed by atoms with Gasteiger partial charge in [0.05, 0.1) is 13.7 Å². The number of carbonyl (C=O) groups excluding carboxylic acids is 2. The van der Waals surface area contributed by atoms with E-state index in [0.717, 1.165) is 10.0 Å². The third kappa shape index (κ3) is 5.66. The number of nitrogens with zero attached hydrogens (tertiary/aromatic N) is 1. The van der Waals surface area contributed by atoms with Crippen molar-refractivity contribution < 1.29 is 27.8 Å². The molecule has 0 bridgehead atoms. The third-order valence-electron chi connectivity index (χ3n) is 3.82. The van der Waals surface area contributed by atoms with Crippen molar-refractivity contribution in [2.24, 2.45) is 0 Å². The number of likely N-dealkylation sites (N-methyl/N-ethyl adjacent to an activating group) is 1. The van der Waals surface area contributed by atoms with E-state index in [0.29, 0.717) is 5.69 Å². The summed E-state index contributed by atoms with van der Waals surface area (Å²) in [4.78, 5) is 26.0. The molecule has 2 amide bonds. The van der Waals surface area contributed by atoms with E-state index in [1.165, 1.54) is 37.3 Å². The molecule has 2 aromatic carbocycles. The van der Waals surface area contributed by atoms with Crippen LogP contribution in [0.5, 0.6) is 11.5 Å². The van der Waals surface area contributed by atoms with Crippen LogP contribution in [-0.4, -0.2) is 44.0 Å². The molecule has 0 aliphatic carbocycles. The third-order valence-corrected chi connectivity index (χ3v) is 4.31. The Balaban J connectivity index is 2.06. The summed E-state index contributed by atoms with van der Waals surface area (Å²) in [6.45, 7) is -1.35. The average molecular weight is 457 g/mol. The summed E-state index contributed by atoms with van der Waals surface area (Å²) in [6, 6.07) is 9.25. The van der Waals surface area contributed by atoms with E-state index in [4.69, 9.17) is 4.74 Å². The van der Waals surface area contributed by atoms with Crippen LogP contribution in [-0.2, 0) is 4.79 Å². The molecule has 0 fully saturated rings. The van der Waals surface area contributed by atoms with Crippen LogP contribution in [0.25, 0.3) is 0 Å². The molecule has 0 aliphatic heterocycles. The molecule has 0 atom stereocenters. The molecule has 150 valence electrons. The summed E-state index contributed by atoms with van der Waals surface area (Å²) in [6.07, 6.45) is 0. The minimum Gasteiger partial charge on any atom is -0.493 e.